The zero-order valence-corrected chi connectivity index (χ0v) is 42.7. The molecule has 0 saturated carbocycles. The number of carbonyl (C=O) groups excluding carboxylic acids is 1. The van der Waals surface area contributed by atoms with Crippen molar-refractivity contribution in [2.45, 2.75) is 264 Å². The number of nitrogens with one attached hydrogen (secondary N) is 1. The first-order valence-corrected chi connectivity index (χ1v) is 27.6. The number of hydrogen-bond donors (Lipinski definition) is 3. The molecule has 0 fully saturated rings. The second kappa shape index (κ2) is 55.4. The SMILES string of the molecule is CC/C=C\C/C=C\C/C=C\C/C=C\C/C=C\C/C=C\C/C=C\CCCCCC(=O)NC(CO)C(O)/C=C/CC/C=C/CCCCCCCCCCCCCCCCCCCCCCCC. The third-order valence-electron chi connectivity index (χ3n) is 12.0. The Balaban J connectivity index is 3.65. The van der Waals surface area contributed by atoms with Gasteiger partial charge in [-0.15, -0.1) is 0 Å². The molecule has 0 saturated heterocycles. The number of aliphatic hydroxyl groups excluding tert-OH is 2. The van der Waals surface area contributed by atoms with Gasteiger partial charge in [-0.25, -0.2) is 0 Å². The van der Waals surface area contributed by atoms with Crippen LogP contribution in [0.1, 0.15) is 251 Å². The van der Waals surface area contributed by atoms with Crippen LogP contribution in [0.4, 0.5) is 0 Å². The first-order valence-electron chi connectivity index (χ1n) is 27.6. The number of aliphatic hydroxyl groups is 2. The van der Waals surface area contributed by atoms with Crippen molar-refractivity contribution in [2.24, 2.45) is 0 Å². The Morgan fingerprint density at radius 1 is 0.385 bits per heavy atom. The van der Waals surface area contributed by atoms with Gasteiger partial charge >= 0.3 is 0 Å². The summed E-state index contributed by atoms with van der Waals surface area (Å²) < 4.78 is 0. The summed E-state index contributed by atoms with van der Waals surface area (Å²) in [5.74, 6) is -0.108. The van der Waals surface area contributed by atoms with Gasteiger partial charge in [0.05, 0.1) is 18.8 Å². The molecule has 0 aliphatic heterocycles. The molecule has 65 heavy (non-hydrogen) atoms. The summed E-state index contributed by atoms with van der Waals surface area (Å²) >= 11 is 0. The van der Waals surface area contributed by atoms with E-state index in [-0.39, 0.29) is 12.5 Å². The van der Waals surface area contributed by atoms with Gasteiger partial charge in [0.25, 0.3) is 0 Å². The minimum absolute atomic E-state index is 0.108. The minimum Gasteiger partial charge on any atom is -0.394 e. The van der Waals surface area contributed by atoms with Gasteiger partial charge in [0.15, 0.2) is 0 Å². The van der Waals surface area contributed by atoms with E-state index in [4.69, 9.17) is 0 Å². The predicted molar refractivity (Wildman–Crippen MR) is 289 cm³/mol. The molecule has 4 nitrogen and oxygen atoms in total. The van der Waals surface area contributed by atoms with E-state index in [1.54, 1.807) is 6.08 Å². The Labute approximate surface area is 404 Å². The maximum absolute atomic E-state index is 12.4. The lowest BCUT2D eigenvalue weighted by Crippen LogP contribution is -2.45. The highest BCUT2D eigenvalue weighted by molar-refractivity contribution is 5.76. The van der Waals surface area contributed by atoms with Gasteiger partial charge in [0.2, 0.25) is 5.91 Å². The van der Waals surface area contributed by atoms with E-state index in [0.29, 0.717) is 6.42 Å². The third kappa shape index (κ3) is 51.9. The molecule has 0 bridgehead atoms. The Morgan fingerprint density at radius 3 is 1.08 bits per heavy atom. The van der Waals surface area contributed by atoms with Crippen LogP contribution >= 0.6 is 0 Å². The lowest BCUT2D eigenvalue weighted by Gasteiger charge is -2.19. The summed E-state index contributed by atoms with van der Waals surface area (Å²) in [5, 5.41) is 23.1. The van der Waals surface area contributed by atoms with Crippen molar-refractivity contribution in [3.05, 3.63) is 109 Å². The lowest BCUT2D eigenvalue weighted by atomic mass is 10.0. The van der Waals surface area contributed by atoms with Crippen molar-refractivity contribution in [1.82, 2.24) is 5.32 Å². The van der Waals surface area contributed by atoms with Crippen LogP contribution < -0.4 is 5.32 Å². The van der Waals surface area contributed by atoms with E-state index in [0.717, 1.165) is 89.9 Å². The van der Waals surface area contributed by atoms with E-state index in [1.165, 1.54) is 141 Å². The van der Waals surface area contributed by atoms with Crippen molar-refractivity contribution in [3.63, 3.8) is 0 Å². The summed E-state index contributed by atoms with van der Waals surface area (Å²) in [6.07, 6.45) is 83.9. The van der Waals surface area contributed by atoms with Crippen LogP contribution in [-0.4, -0.2) is 34.9 Å². The van der Waals surface area contributed by atoms with Gasteiger partial charge in [0.1, 0.15) is 0 Å². The average molecular weight is 901 g/mol. The number of unbranched alkanes of at least 4 members (excludes halogenated alkanes) is 26. The van der Waals surface area contributed by atoms with Crippen LogP contribution in [0.5, 0.6) is 0 Å². The topological polar surface area (TPSA) is 69.6 Å². The predicted octanol–water partition coefficient (Wildman–Crippen LogP) is 18.3. The quantitative estimate of drug-likeness (QED) is 0.0421. The molecule has 3 N–H and O–H groups in total. The van der Waals surface area contributed by atoms with Crippen LogP contribution in [0.3, 0.4) is 0 Å². The molecule has 0 aromatic heterocycles. The molecule has 0 spiro atoms. The van der Waals surface area contributed by atoms with Gasteiger partial charge in [-0.05, 0) is 89.9 Å². The highest BCUT2D eigenvalue weighted by Gasteiger charge is 2.17. The first-order chi connectivity index (χ1) is 32.2. The van der Waals surface area contributed by atoms with Gasteiger partial charge in [-0.1, -0.05) is 264 Å². The van der Waals surface area contributed by atoms with E-state index in [1.807, 2.05) is 6.08 Å². The molecule has 0 heterocycles. The number of allylic oxidation sites excluding steroid dienone is 17. The standard InChI is InChI=1S/C61H105NO3/c1-3-5-7-9-11-13-15-17-19-21-23-25-27-29-30-31-33-34-36-38-40-42-44-46-48-50-52-54-56-60(64)59(58-63)62-61(65)57-55-53-51-49-47-45-43-41-39-37-35-32-28-26-24-22-20-18-16-14-12-10-8-6-4-2/h6,8,12,14,18,20,24,26,32,35,39,41,45-48,54,56,59-60,63-64H,3-5,7,9-11,13,15-17,19,21-23,25,27-31,33-34,36-38,40,42-44,49-53,55,57-58H2,1-2H3,(H,62,65)/b8-6-,14-12-,20-18-,26-24-,35-32-,41-39-,47-45-,48-46+,56-54+. The Morgan fingerprint density at radius 2 is 0.692 bits per heavy atom. The molecule has 0 aliphatic rings. The zero-order chi connectivity index (χ0) is 47.0. The van der Waals surface area contributed by atoms with Gasteiger partial charge < -0.3 is 15.5 Å². The molecular formula is C61H105NO3. The molecule has 2 unspecified atom stereocenters. The van der Waals surface area contributed by atoms with Crippen LogP contribution in [-0.2, 0) is 4.79 Å². The first kappa shape index (κ1) is 62.1. The van der Waals surface area contributed by atoms with E-state index in [9.17, 15) is 15.0 Å². The maximum Gasteiger partial charge on any atom is 0.220 e. The summed E-state index contributed by atoms with van der Waals surface area (Å²) in [4.78, 5) is 12.4. The fraction of sp³-hybridized carbons (Fsp3) is 0.689. The third-order valence-corrected chi connectivity index (χ3v) is 12.0. The Bertz CT molecular complexity index is 1250. The van der Waals surface area contributed by atoms with Crippen molar-refractivity contribution in [3.8, 4) is 0 Å². The highest BCUT2D eigenvalue weighted by Crippen LogP contribution is 2.16. The molecule has 1 amide bonds. The van der Waals surface area contributed by atoms with Crippen molar-refractivity contribution in [2.75, 3.05) is 6.61 Å². The Kier molecular flexibility index (Phi) is 52.9. The molecular weight excluding hydrogens is 795 g/mol. The van der Waals surface area contributed by atoms with E-state index in [2.05, 4.69) is 116 Å². The maximum atomic E-state index is 12.4. The van der Waals surface area contributed by atoms with Gasteiger partial charge in [-0.2, -0.15) is 0 Å². The van der Waals surface area contributed by atoms with E-state index < -0.39 is 12.1 Å². The number of carbonyl (C=O) groups is 1. The summed E-state index contributed by atoms with van der Waals surface area (Å²) in [7, 11) is 0. The number of hydrogen-bond acceptors (Lipinski definition) is 3. The Hall–Kier alpha value is -2.95. The lowest BCUT2D eigenvalue weighted by molar-refractivity contribution is -0.123. The minimum atomic E-state index is -0.886. The summed E-state index contributed by atoms with van der Waals surface area (Å²) in [6.45, 7) is 4.18. The number of amides is 1. The van der Waals surface area contributed by atoms with Crippen LogP contribution in [0.25, 0.3) is 0 Å². The monoisotopic (exact) mass is 900 g/mol. The molecule has 0 rings (SSSR count). The zero-order valence-electron chi connectivity index (χ0n) is 42.7. The fourth-order valence-electron chi connectivity index (χ4n) is 7.82. The van der Waals surface area contributed by atoms with Crippen molar-refractivity contribution in [1.29, 1.82) is 0 Å². The summed E-state index contributed by atoms with van der Waals surface area (Å²) in [6, 6.07) is -0.667. The van der Waals surface area contributed by atoms with Crippen LogP contribution in [0, 0.1) is 0 Å². The van der Waals surface area contributed by atoms with Crippen molar-refractivity contribution >= 4 is 5.91 Å². The second-order valence-electron chi connectivity index (χ2n) is 18.3. The van der Waals surface area contributed by atoms with Crippen molar-refractivity contribution < 1.29 is 15.0 Å². The molecule has 0 aliphatic carbocycles. The molecule has 372 valence electrons. The summed E-state index contributed by atoms with van der Waals surface area (Å²) in [5.41, 5.74) is 0. The molecule has 4 heteroatoms. The van der Waals surface area contributed by atoms with Crippen LogP contribution in [0.15, 0.2) is 109 Å². The van der Waals surface area contributed by atoms with Gasteiger partial charge in [0, 0.05) is 6.42 Å². The molecule has 2 atom stereocenters. The van der Waals surface area contributed by atoms with Crippen LogP contribution in [0.2, 0.25) is 0 Å². The smallest absolute Gasteiger partial charge is 0.220 e. The largest absolute Gasteiger partial charge is 0.394 e. The molecule has 0 aromatic carbocycles. The van der Waals surface area contributed by atoms with Gasteiger partial charge in [-0.3, -0.25) is 4.79 Å². The fourth-order valence-corrected chi connectivity index (χ4v) is 7.82. The normalized spacial score (nSPS) is 13.7. The molecule has 0 radical (unpaired) electrons. The van der Waals surface area contributed by atoms with E-state index >= 15 is 0 Å². The highest BCUT2D eigenvalue weighted by atomic mass is 16.3. The number of rotatable bonds is 49. The molecule has 0 aromatic rings. The second-order valence-corrected chi connectivity index (χ2v) is 18.3. The average Bonchev–Trinajstić information content (AvgIpc) is 3.31.